The number of carbonyl (C=O) groups is 1. The summed E-state index contributed by atoms with van der Waals surface area (Å²) in [5, 5.41) is 0. The Hall–Kier alpha value is -0.610. The largest absolute Gasteiger partial charge is 0.460 e. The highest BCUT2D eigenvalue weighted by molar-refractivity contribution is 5.69. The van der Waals surface area contributed by atoms with E-state index in [1.165, 1.54) is 0 Å². The van der Waals surface area contributed by atoms with E-state index in [1.54, 1.807) is 0 Å². The first-order valence-electron chi connectivity index (χ1n) is 5.87. The molecule has 0 aliphatic carbocycles. The first kappa shape index (κ1) is 13.5. The molecule has 1 saturated heterocycles. The second-order valence-corrected chi connectivity index (χ2v) is 5.00. The molecule has 1 aliphatic rings. The summed E-state index contributed by atoms with van der Waals surface area (Å²) in [5.74, 6) is -0.154. The van der Waals surface area contributed by atoms with Gasteiger partial charge in [0.1, 0.15) is 11.7 Å². The molecule has 2 unspecified atom stereocenters. The van der Waals surface area contributed by atoms with Crippen LogP contribution >= 0.6 is 0 Å². The molecule has 0 saturated carbocycles. The Morgan fingerprint density at radius 3 is 2.56 bits per heavy atom. The zero-order valence-electron chi connectivity index (χ0n) is 10.6. The van der Waals surface area contributed by atoms with Gasteiger partial charge in [-0.05, 0) is 34.1 Å². The van der Waals surface area contributed by atoms with Gasteiger partial charge in [-0.25, -0.2) is 0 Å². The fraction of sp³-hybridized carbons (Fsp3) is 0.917. The number of carbonyl (C=O) groups excluding carboxylic acids is 1. The molecule has 0 amide bonds. The third-order valence-corrected chi connectivity index (χ3v) is 2.23. The lowest BCUT2D eigenvalue weighted by Gasteiger charge is -2.19. The van der Waals surface area contributed by atoms with Crippen LogP contribution in [0.2, 0.25) is 0 Å². The van der Waals surface area contributed by atoms with E-state index in [2.05, 4.69) is 0 Å². The molecule has 0 aromatic heterocycles. The number of esters is 1. The van der Waals surface area contributed by atoms with Crippen LogP contribution in [0, 0.1) is 0 Å². The van der Waals surface area contributed by atoms with Crippen molar-refractivity contribution in [1.82, 2.24) is 0 Å². The summed E-state index contributed by atoms with van der Waals surface area (Å²) < 4.78 is 15.8. The van der Waals surface area contributed by atoms with Crippen LogP contribution in [0.4, 0.5) is 0 Å². The highest BCUT2D eigenvalue weighted by Gasteiger charge is 2.38. The van der Waals surface area contributed by atoms with Gasteiger partial charge in [0.25, 0.3) is 0 Å². The van der Waals surface area contributed by atoms with Crippen LogP contribution in [0.5, 0.6) is 0 Å². The van der Waals surface area contributed by atoms with Crippen molar-refractivity contribution in [3.8, 4) is 0 Å². The molecule has 0 spiro atoms. The third kappa shape index (κ3) is 5.47. The molecule has 0 N–H and O–H groups in total. The van der Waals surface area contributed by atoms with E-state index in [-0.39, 0.29) is 18.2 Å². The minimum atomic E-state index is -0.397. The zero-order valence-corrected chi connectivity index (χ0v) is 10.6. The standard InChI is InChI=1S/C12H22O4/c1-5-14-8-10-9(15-10)6-7-11(13)16-12(2,3)4/h9-10H,5-8H2,1-4H3. The van der Waals surface area contributed by atoms with Crippen molar-refractivity contribution in [2.75, 3.05) is 13.2 Å². The summed E-state index contributed by atoms with van der Waals surface area (Å²) in [4.78, 5) is 11.4. The van der Waals surface area contributed by atoms with Crippen LogP contribution in [-0.4, -0.2) is 37.0 Å². The van der Waals surface area contributed by atoms with Gasteiger partial charge in [-0.2, -0.15) is 0 Å². The molecule has 1 heterocycles. The number of hydrogen-bond acceptors (Lipinski definition) is 4. The summed E-state index contributed by atoms with van der Waals surface area (Å²) in [6, 6.07) is 0. The maximum absolute atomic E-state index is 11.4. The number of rotatable bonds is 6. The van der Waals surface area contributed by atoms with Gasteiger partial charge in [0.05, 0.1) is 12.7 Å². The van der Waals surface area contributed by atoms with Crippen LogP contribution < -0.4 is 0 Å². The maximum Gasteiger partial charge on any atom is 0.306 e. The van der Waals surface area contributed by atoms with E-state index in [9.17, 15) is 4.79 Å². The maximum atomic E-state index is 11.4. The van der Waals surface area contributed by atoms with Crippen LogP contribution in [0.3, 0.4) is 0 Å². The van der Waals surface area contributed by atoms with E-state index in [4.69, 9.17) is 14.2 Å². The Bertz CT molecular complexity index is 232. The first-order chi connectivity index (χ1) is 7.42. The van der Waals surface area contributed by atoms with Gasteiger partial charge in [0.2, 0.25) is 0 Å². The number of hydrogen-bond donors (Lipinski definition) is 0. The molecule has 4 nitrogen and oxygen atoms in total. The fourth-order valence-electron chi connectivity index (χ4n) is 1.47. The predicted molar refractivity (Wildman–Crippen MR) is 60.2 cm³/mol. The van der Waals surface area contributed by atoms with Gasteiger partial charge >= 0.3 is 5.97 Å². The van der Waals surface area contributed by atoms with Gasteiger partial charge in [-0.15, -0.1) is 0 Å². The Kier molecular flexibility index (Phi) is 4.74. The quantitative estimate of drug-likeness (QED) is 0.516. The van der Waals surface area contributed by atoms with Gasteiger partial charge in [0, 0.05) is 13.0 Å². The summed E-state index contributed by atoms with van der Waals surface area (Å²) in [7, 11) is 0. The molecular weight excluding hydrogens is 208 g/mol. The van der Waals surface area contributed by atoms with E-state index in [0.717, 1.165) is 6.42 Å². The normalized spacial score (nSPS) is 24.2. The molecular formula is C12H22O4. The summed E-state index contributed by atoms with van der Waals surface area (Å²) >= 11 is 0. The highest BCUT2D eigenvalue weighted by atomic mass is 16.6. The van der Waals surface area contributed by atoms with Gasteiger partial charge in [0.15, 0.2) is 0 Å². The average molecular weight is 230 g/mol. The van der Waals surface area contributed by atoms with Gasteiger partial charge in [-0.1, -0.05) is 0 Å². The Balaban J connectivity index is 2.06. The van der Waals surface area contributed by atoms with Crippen LogP contribution in [0.15, 0.2) is 0 Å². The molecule has 2 atom stereocenters. The molecule has 1 fully saturated rings. The van der Waals surface area contributed by atoms with Crippen LogP contribution in [0.25, 0.3) is 0 Å². The van der Waals surface area contributed by atoms with Gasteiger partial charge in [-0.3, -0.25) is 4.79 Å². The SMILES string of the molecule is CCOCC1OC1CCC(=O)OC(C)(C)C. The average Bonchev–Trinajstić information content (AvgIpc) is 2.87. The number of ether oxygens (including phenoxy) is 3. The molecule has 0 radical (unpaired) electrons. The van der Waals surface area contributed by atoms with Crippen LogP contribution in [0.1, 0.15) is 40.5 Å². The minimum Gasteiger partial charge on any atom is -0.460 e. The third-order valence-electron chi connectivity index (χ3n) is 2.23. The molecule has 1 rings (SSSR count). The summed E-state index contributed by atoms with van der Waals surface area (Å²) in [6.07, 6.45) is 1.51. The molecule has 0 aromatic carbocycles. The van der Waals surface area contributed by atoms with E-state index in [0.29, 0.717) is 19.6 Å². The summed E-state index contributed by atoms with van der Waals surface area (Å²) in [6.45, 7) is 8.91. The van der Waals surface area contributed by atoms with E-state index < -0.39 is 5.60 Å². The highest BCUT2D eigenvalue weighted by Crippen LogP contribution is 2.27. The monoisotopic (exact) mass is 230 g/mol. The number of epoxide rings is 1. The zero-order chi connectivity index (χ0) is 12.2. The van der Waals surface area contributed by atoms with Crippen molar-refractivity contribution in [1.29, 1.82) is 0 Å². The van der Waals surface area contributed by atoms with E-state index >= 15 is 0 Å². The lowest BCUT2D eigenvalue weighted by Crippen LogP contribution is -2.24. The Labute approximate surface area is 97.2 Å². The van der Waals surface area contributed by atoms with Crippen molar-refractivity contribution < 1.29 is 19.0 Å². The van der Waals surface area contributed by atoms with Crippen LogP contribution in [-0.2, 0) is 19.0 Å². The van der Waals surface area contributed by atoms with Crippen molar-refractivity contribution in [3.05, 3.63) is 0 Å². The first-order valence-corrected chi connectivity index (χ1v) is 5.87. The molecule has 94 valence electrons. The second kappa shape index (κ2) is 5.64. The topological polar surface area (TPSA) is 48.1 Å². The lowest BCUT2D eigenvalue weighted by atomic mass is 10.1. The predicted octanol–water partition coefficient (Wildman–Crippen LogP) is 1.91. The molecule has 16 heavy (non-hydrogen) atoms. The van der Waals surface area contributed by atoms with Crippen molar-refractivity contribution in [2.45, 2.75) is 58.3 Å². The van der Waals surface area contributed by atoms with Crippen molar-refractivity contribution >= 4 is 5.97 Å². The van der Waals surface area contributed by atoms with Crippen molar-refractivity contribution in [3.63, 3.8) is 0 Å². The van der Waals surface area contributed by atoms with Gasteiger partial charge < -0.3 is 14.2 Å². The molecule has 0 aromatic rings. The molecule has 4 heteroatoms. The second-order valence-electron chi connectivity index (χ2n) is 5.00. The smallest absolute Gasteiger partial charge is 0.306 e. The molecule has 1 aliphatic heterocycles. The summed E-state index contributed by atoms with van der Waals surface area (Å²) in [5.41, 5.74) is -0.397. The molecule has 0 bridgehead atoms. The lowest BCUT2D eigenvalue weighted by molar-refractivity contribution is -0.155. The minimum absolute atomic E-state index is 0.154. The van der Waals surface area contributed by atoms with E-state index in [1.807, 2.05) is 27.7 Å². The Morgan fingerprint density at radius 2 is 2.00 bits per heavy atom. The Morgan fingerprint density at radius 1 is 1.31 bits per heavy atom. The van der Waals surface area contributed by atoms with Crippen molar-refractivity contribution in [2.24, 2.45) is 0 Å². The fourth-order valence-corrected chi connectivity index (χ4v) is 1.47.